The van der Waals surface area contributed by atoms with Crippen molar-refractivity contribution in [3.8, 4) is 0 Å². The lowest BCUT2D eigenvalue weighted by Crippen LogP contribution is -1.87. The van der Waals surface area contributed by atoms with E-state index in [4.69, 9.17) is 0 Å². The fourth-order valence-electron chi connectivity index (χ4n) is 0.801. The number of hydrogen-bond donors (Lipinski definition) is 0. The fourth-order valence-corrected chi connectivity index (χ4v) is 1.47. The van der Waals surface area contributed by atoms with Gasteiger partial charge in [0.25, 0.3) is 0 Å². The van der Waals surface area contributed by atoms with Crippen molar-refractivity contribution in [3.63, 3.8) is 0 Å². The first-order valence-corrected chi connectivity index (χ1v) is 4.03. The van der Waals surface area contributed by atoms with Gasteiger partial charge in [-0.2, -0.15) is 11.3 Å². The van der Waals surface area contributed by atoms with Crippen LogP contribution in [0.25, 0.3) is 0 Å². The lowest BCUT2D eigenvalue weighted by Gasteiger charge is -1.98. The molecule has 9 heavy (non-hydrogen) atoms. The second kappa shape index (κ2) is 3.02. The third-order valence-corrected chi connectivity index (χ3v) is 1.87. The normalized spacial score (nSPS) is 10.6. The zero-order valence-electron chi connectivity index (χ0n) is 5.85. The molecule has 0 N–H and O–H groups in total. The van der Waals surface area contributed by atoms with Crippen molar-refractivity contribution in [3.05, 3.63) is 28.3 Å². The van der Waals surface area contributed by atoms with Gasteiger partial charge in [-0.15, -0.1) is 0 Å². The highest BCUT2D eigenvalue weighted by molar-refractivity contribution is 7.07. The van der Waals surface area contributed by atoms with E-state index in [1.807, 2.05) is 0 Å². The van der Waals surface area contributed by atoms with Gasteiger partial charge in [0.2, 0.25) is 0 Å². The Kier molecular flexibility index (Phi) is 2.29. The van der Waals surface area contributed by atoms with E-state index in [0.29, 0.717) is 0 Å². The Bertz CT molecular complexity index is 151. The molecular weight excluding hydrogens is 128 g/mol. The van der Waals surface area contributed by atoms with Crippen LogP contribution in [0.2, 0.25) is 0 Å². The van der Waals surface area contributed by atoms with E-state index in [2.05, 4.69) is 30.7 Å². The van der Waals surface area contributed by atoms with Crippen LogP contribution in [0.4, 0.5) is 0 Å². The van der Waals surface area contributed by atoms with Crippen molar-refractivity contribution in [2.75, 3.05) is 0 Å². The second-order valence-corrected chi connectivity index (χ2v) is 3.30. The Labute approximate surface area is 60.5 Å². The molecule has 0 atom stereocenters. The highest BCUT2D eigenvalue weighted by Gasteiger charge is 1.95. The minimum absolute atomic E-state index is 1.14. The Morgan fingerprint density at radius 1 is 1.56 bits per heavy atom. The molecule has 0 bridgehead atoms. The van der Waals surface area contributed by atoms with Gasteiger partial charge in [-0.1, -0.05) is 13.8 Å². The van der Waals surface area contributed by atoms with Crippen LogP contribution in [0.15, 0.2) is 16.8 Å². The van der Waals surface area contributed by atoms with Crippen LogP contribution in [-0.2, 0) is 6.42 Å². The maximum atomic E-state index is 2.20. The molecule has 0 aliphatic rings. The molecule has 1 radical (unpaired) electrons. The third-order valence-electron chi connectivity index (χ3n) is 1.14. The van der Waals surface area contributed by atoms with Gasteiger partial charge in [0.05, 0.1) is 0 Å². The summed E-state index contributed by atoms with van der Waals surface area (Å²) in [7, 11) is 0. The highest BCUT2D eigenvalue weighted by Crippen LogP contribution is 2.11. The summed E-state index contributed by atoms with van der Waals surface area (Å²) >= 11 is 1.77. The molecule has 49 valence electrons. The van der Waals surface area contributed by atoms with Crippen LogP contribution in [0, 0.1) is 5.92 Å². The molecule has 1 aromatic heterocycles. The van der Waals surface area contributed by atoms with Gasteiger partial charge in [-0.3, -0.25) is 0 Å². The van der Waals surface area contributed by atoms with Crippen LogP contribution in [0.5, 0.6) is 0 Å². The van der Waals surface area contributed by atoms with Gasteiger partial charge in [0, 0.05) is 0 Å². The van der Waals surface area contributed by atoms with Gasteiger partial charge in [-0.05, 0) is 34.7 Å². The molecule has 0 amide bonds. The topological polar surface area (TPSA) is 0 Å². The van der Waals surface area contributed by atoms with Gasteiger partial charge in [-0.25, -0.2) is 0 Å². The summed E-state index contributed by atoms with van der Waals surface area (Å²) in [5.74, 6) is 1.48. The van der Waals surface area contributed by atoms with Gasteiger partial charge >= 0.3 is 0 Å². The number of thiophene rings is 1. The molecule has 1 heterocycles. The van der Waals surface area contributed by atoms with Crippen molar-refractivity contribution in [1.82, 2.24) is 0 Å². The van der Waals surface area contributed by atoms with Gasteiger partial charge in [0.15, 0.2) is 0 Å². The molecule has 1 rings (SSSR count). The third kappa shape index (κ3) is 2.19. The van der Waals surface area contributed by atoms with Crippen LogP contribution in [-0.4, -0.2) is 0 Å². The first-order valence-electron chi connectivity index (χ1n) is 3.09. The van der Waals surface area contributed by atoms with E-state index < -0.39 is 0 Å². The van der Waals surface area contributed by atoms with Crippen molar-refractivity contribution < 1.29 is 0 Å². The Balaban J connectivity index is 2.48. The monoisotopic (exact) mass is 139 g/mol. The maximum Gasteiger partial charge on any atom is -0.00610 e. The number of hydrogen-bond acceptors (Lipinski definition) is 1. The predicted molar refractivity (Wildman–Crippen MR) is 42.6 cm³/mol. The first-order chi connectivity index (χ1) is 4.29. The van der Waals surface area contributed by atoms with Crippen molar-refractivity contribution in [2.45, 2.75) is 20.3 Å². The zero-order valence-corrected chi connectivity index (χ0v) is 6.66. The lowest BCUT2D eigenvalue weighted by atomic mass is 10.1. The average Bonchev–Trinajstić information content (AvgIpc) is 2.15. The molecule has 0 saturated carbocycles. The van der Waals surface area contributed by atoms with Crippen molar-refractivity contribution in [1.29, 1.82) is 0 Å². The second-order valence-electron chi connectivity index (χ2n) is 2.52. The van der Waals surface area contributed by atoms with Gasteiger partial charge in [0.1, 0.15) is 0 Å². The molecular formula is C8H11S. The summed E-state index contributed by atoms with van der Waals surface area (Å²) in [4.78, 5) is 0. The van der Waals surface area contributed by atoms with Gasteiger partial charge < -0.3 is 0 Å². The summed E-state index contributed by atoms with van der Waals surface area (Å²) in [6.45, 7) is 4.33. The van der Waals surface area contributed by atoms with E-state index in [1.54, 1.807) is 11.3 Å². The van der Waals surface area contributed by atoms with E-state index in [0.717, 1.165) is 6.42 Å². The van der Waals surface area contributed by atoms with Crippen LogP contribution < -0.4 is 0 Å². The number of rotatable bonds is 2. The molecule has 0 aliphatic carbocycles. The zero-order chi connectivity index (χ0) is 6.69. The Morgan fingerprint density at radius 3 is 2.78 bits per heavy atom. The van der Waals surface area contributed by atoms with Crippen LogP contribution >= 0.6 is 11.3 Å². The van der Waals surface area contributed by atoms with E-state index in [1.165, 1.54) is 11.5 Å². The SMILES string of the molecule is C[C](C)Cc1ccsc1. The van der Waals surface area contributed by atoms with Crippen LogP contribution in [0.3, 0.4) is 0 Å². The van der Waals surface area contributed by atoms with E-state index >= 15 is 0 Å². The molecule has 0 saturated heterocycles. The Morgan fingerprint density at radius 2 is 2.33 bits per heavy atom. The standard InChI is InChI=1S/C8H11S/c1-7(2)5-8-3-4-9-6-8/h3-4,6H,5H2,1-2H3. The summed E-state index contributed by atoms with van der Waals surface area (Å²) in [5.41, 5.74) is 1.44. The predicted octanol–water partition coefficient (Wildman–Crippen LogP) is 2.90. The smallest absolute Gasteiger partial charge is 0.00610 e. The molecule has 0 fully saturated rings. The van der Waals surface area contributed by atoms with E-state index in [-0.39, 0.29) is 0 Å². The summed E-state index contributed by atoms with van der Waals surface area (Å²) in [5, 5.41) is 4.32. The molecule has 0 unspecified atom stereocenters. The van der Waals surface area contributed by atoms with E-state index in [9.17, 15) is 0 Å². The largest absolute Gasteiger partial charge is 0.152 e. The fraction of sp³-hybridized carbons (Fsp3) is 0.375. The average molecular weight is 139 g/mol. The molecule has 1 heteroatoms. The molecule has 0 aliphatic heterocycles. The molecule has 0 nitrogen and oxygen atoms in total. The first kappa shape index (κ1) is 6.81. The highest BCUT2D eigenvalue weighted by atomic mass is 32.1. The van der Waals surface area contributed by atoms with Crippen molar-refractivity contribution in [2.24, 2.45) is 0 Å². The summed E-state index contributed by atoms with van der Waals surface area (Å²) in [6, 6.07) is 2.18. The summed E-state index contributed by atoms with van der Waals surface area (Å²) < 4.78 is 0. The minimum atomic E-state index is 1.14. The molecule has 1 aromatic rings. The molecule has 0 aromatic carbocycles. The summed E-state index contributed by atoms with van der Waals surface area (Å²) in [6.07, 6.45) is 1.14. The minimum Gasteiger partial charge on any atom is -0.152 e. The molecule has 0 spiro atoms. The Hall–Kier alpha value is -0.300. The maximum absolute atomic E-state index is 2.20. The van der Waals surface area contributed by atoms with Crippen LogP contribution in [0.1, 0.15) is 19.4 Å². The van der Waals surface area contributed by atoms with Crippen molar-refractivity contribution >= 4 is 11.3 Å². The quantitative estimate of drug-likeness (QED) is 0.591. The lowest BCUT2D eigenvalue weighted by molar-refractivity contribution is 0.962.